The Kier molecular flexibility index (Phi) is 7.79. The molecule has 2 atom stereocenters. The van der Waals surface area contributed by atoms with Crippen LogP contribution in [0, 0.1) is 5.92 Å². The monoisotopic (exact) mass is 458 g/mol. The summed E-state index contributed by atoms with van der Waals surface area (Å²) in [5, 5.41) is 22.1. The van der Waals surface area contributed by atoms with Crippen LogP contribution in [0.25, 0.3) is 11.3 Å². The van der Waals surface area contributed by atoms with Gasteiger partial charge in [0.25, 0.3) is 0 Å². The molecule has 8 heteroatoms. The molecule has 0 saturated heterocycles. The van der Waals surface area contributed by atoms with Gasteiger partial charge >= 0.3 is 5.97 Å². The first kappa shape index (κ1) is 22.9. The fourth-order valence-electron chi connectivity index (χ4n) is 3.28. The van der Waals surface area contributed by atoms with Crippen LogP contribution in [-0.2, 0) is 16.0 Å². The molecule has 0 spiro atoms. The van der Waals surface area contributed by atoms with Crippen molar-refractivity contribution in [2.75, 3.05) is 11.4 Å². The highest BCUT2D eigenvalue weighted by molar-refractivity contribution is 7.14. The Morgan fingerprint density at radius 1 is 1.13 bits per heavy atom. The number of benzene rings is 2. The minimum atomic E-state index is -1.05. The van der Waals surface area contributed by atoms with Gasteiger partial charge in [0.15, 0.2) is 5.13 Å². The molecule has 0 saturated carbocycles. The van der Waals surface area contributed by atoms with E-state index < -0.39 is 18.0 Å². The third kappa shape index (κ3) is 6.13. The Morgan fingerprint density at radius 3 is 2.45 bits per heavy atom. The number of aliphatic carboxylic acids is 1. The van der Waals surface area contributed by atoms with E-state index in [0.29, 0.717) is 15.8 Å². The predicted octanol–water partition coefficient (Wildman–Crippen LogP) is 4.51. The van der Waals surface area contributed by atoms with Gasteiger partial charge in [-0.2, -0.15) is 0 Å². The number of amides is 1. The van der Waals surface area contributed by atoms with Gasteiger partial charge < -0.3 is 10.2 Å². The number of hydrogen-bond donors (Lipinski definition) is 2. The highest BCUT2D eigenvalue weighted by Gasteiger charge is 2.30. The Hall–Kier alpha value is -2.74. The number of hydrogen-bond acceptors (Lipinski definition) is 5. The Bertz CT molecular complexity index is 1040. The van der Waals surface area contributed by atoms with Crippen molar-refractivity contribution in [3.05, 3.63) is 70.6 Å². The lowest BCUT2D eigenvalue weighted by Gasteiger charge is -2.26. The van der Waals surface area contributed by atoms with Crippen molar-refractivity contribution in [3.63, 3.8) is 0 Å². The summed E-state index contributed by atoms with van der Waals surface area (Å²) in [4.78, 5) is 30.8. The predicted molar refractivity (Wildman–Crippen MR) is 122 cm³/mol. The summed E-state index contributed by atoms with van der Waals surface area (Å²) in [7, 11) is 0. The van der Waals surface area contributed by atoms with Crippen LogP contribution in [0.5, 0.6) is 0 Å². The summed E-state index contributed by atoms with van der Waals surface area (Å²) in [6, 6.07) is 16.6. The van der Waals surface area contributed by atoms with E-state index in [1.54, 1.807) is 18.4 Å². The number of aromatic nitrogens is 1. The van der Waals surface area contributed by atoms with Crippen molar-refractivity contribution >= 4 is 39.9 Å². The van der Waals surface area contributed by atoms with Gasteiger partial charge in [-0.15, -0.1) is 11.3 Å². The van der Waals surface area contributed by atoms with Crippen LogP contribution >= 0.6 is 22.9 Å². The second-order valence-electron chi connectivity index (χ2n) is 7.28. The number of aliphatic hydroxyl groups is 1. The molecule has 0 aliphatic heterocycles. The molecule has 6 nitrogen and oxygen atoms in total. The maximum atomic E-state index is 13.4. The van der Waals surface area contributed by atoms with Crippen LogP contribution in [0.2, 0.25) is 5.02 Å². The lowest BCUT2D eigenvalue weighted by atomic mass is 9.94. The van der Waals surface area contributed by atoms with E-state index in [0.717, 1.165) is 11.1 Å². The van der Waals surface area contributed by atoms with Crippen molar-refractivity contribution in [1.82, 2.24) is 4.98 Å². The van der Waals surface area contributed by atoms with Crippen LogP contribution in [0.3, 0.4) is 0 Å². The number of halogens is 1. The molecule has 2 N–H and O–H groups in total. The lowest BCUT2D eigenvalue weighted by molar-refractivity contribution is -0.140. The number of rotatable bonds is 9. The van der Waals surface area contributed by atoms with Gasteiger partial charge in [0.2, 0.25) is 5.91 Å². The number of carboxylic acid groups (broad SMARTS) is 1. The number of carbonyl (C=O) groups is 2. The molecule has 0 fully saturated rings. The van der Waals surface area contributed by atoms with E-state index >= 15 is 0 Å². The third-order valence-corrected chi connectivity index (χ3v) is 5.87. The molecule has 3 aromatic rings. The molecule has 0 aliphatic rings. The molecule has 2 aromatic carbocycles. The second kappa shape index (κ2) is 10.5. The van der Waals surface area contributed by atoms with Crippen molar-refractivity contribution < 1.29 is 19.8 Å². The largest absolute Gasteiger partial charge is 0.481 e. The van der Waals surface area contributed by atoms with Gasteiger partial charge in [-0.3, -0.25) is 14.5 Å². The molecule has 162 valence electrons. The molecule has 2 unspecified atom stereocenters. The smallest absolute Gasteiger partial charge is 0.304 e. The number of aliphatic hydroxyl groups excluding tert-OH is 1. The van der Waals surface area contributed by atoms with E-state index in [1.165, 1.54) is 16.2 Å². The van der Waals surface area contributed by atoms with Crippen LogP contribution in [0.1, 0.15) is 18.9 Å². The molecule has 0 aliphatic carbocycles. The second-order valence-corrected chi connectivity index (χ2v) is 8.52. The van der Waals surface area contributed by atoms with Crippen molar-refractivity contribution in [2.45, 2.75) is 25.9 Å². The fourth-order valence-corrected chi connectivity index (χ4v) is 4.36. The molecular formula is C23H23ClN2O4S. The summed E-state index contributed by atoms with van der Waals surface area (Å²) in [5.41, 5.74) is 2.23. The Morgan fingerprint density at radius 2 is 1.81 bits per heavy atom. The van der Waals surface area contributed by atoms with Crippen molar-refractivity contribution in [2.24, 2.45) is 5.92 Å². The lowest BCUT2D eigenvalue weighted by Crippen LogP contribution is -2.41. The highest BCUT2D eigenvalue weighted by Crippen LogP contribution is 2.33. The van der Waals surface area contributed by atoms with E-state index in [2.05, 4.69) is 4.98 Å². The first-order chi connectivity index (χ1) is 14.8. The van der Waals surface area contributed by atoms with E-state index in [4.69, 9.17) is 11.6 Å². The summed E-state index contributed by atoms with van der Waals surface area (Å²) >= 11 is 7.52. The van der Waals surface area contributed by atoms with E-state index in [1.807, 2.05) is 48.5 Å². The molecule has 3 rings (SSSR count). The molecule has 1 amide bonds. The van der Waals surface area contributed by atoms with E-state index in [-0.39, 0.29) is 25.3 Å². The Labute approximate surface area is 189 Å². The van der Waals surface area contributed by atoms with Gasteiger partial charge in [0.05, 0.1) is 30.7 Å². The van der Waals surface area contributed by atoms with Gasteiger partial charge in [0.1, 0.15) is 0 Å². The maximum Gasteiger partial charge on any atom is 0.304 e. The summed E-state index contributed by atoms with van der Waals surface area (Å²) in [5.74, 6) is -2.22. The standard InChI is InChI=1S/C23H23ClN2O4S/c1-15(27)13-26(23-25-20(14-31-23)18-9-5-6-10-19(18)24)22(30)17(12-21(28)29)11-16-7-3-2-4-8-16/h2-10,14-15,17,27H,11-13H2,1H3,(H,28,29). The minimum absolute atomic E-state index is 0.0131. The van der Waals surface area contributed by atoms with Gasteiger partial charge in [-0.1, -0.05) is 60.1 Å². The van der Waals surface area contributed by atoms with Crippen LogP contribution in [-0.4, -0.2) is 39.7 Å². The third-order valence-electron chi connectivity index (χ3n) is 4.68. The number of anilines is 1. The summed E-state index contributed by atoms with van der Waals surface area (Å²) < 4.78 is 0. The number of nitrogens with zero attached hydrogens (tertiary/aromatic N) is 2. The SMILES string of the molecule is CC(O)CN(C(=O)C(CC(=O)O)Cc1ccccc1)c1nc(-c2ccccc2Cl)cs1. The molecule has 1 aromatic heterocycles. The van der Waals surface area contributed by atoms with Gasteiger partial charge in [-0.05, 0) is 25.0 Å². The van der Waals surface area contributed by atoms with Crippen LogP contribution in [0.4, 0.5) is 5.13 Å². The zero-order valence-corrected chi connectivity index (χ0v) is 18.5. The quantitative estimate of drug-likeness (QED) is 0.492. The summed E-state index contributed by atoms with van der Waals surface area (Å²) in [6.07, 6.45) is -0.837. The normalized spacial score (nSPS) is 12.9. The first-order valence-electron chi connectivity index (χ1n) is 9.80. The van der Waals surface area contributed by atoms with Crippen molar-refractivity contribution in [3.8, 4) is 11.3 Å². The average Bonchev–Trinajstić information content (AvgIpc) is 3.21. The van der Waals surface area contributed by atoms with Gasteiger partial charge in [-0.25, -0.2) is 4.98 Å². The topological polar surface area (TPSA) is 90.7 Å². The van der Waals surface area contributed by atoms with Crippen molar-refractivity contribution in [1.29, 1.82) is 0 Å². The maximum absolute atomic E-state index is 13.4. The number of carbonyl (C=O) groups excluding carboxylic acids is 1. The zero-order valence-electron chi connectivity index (χ0n) is 16.9. The zero-order chi connectivity index (χ0) is 22.4. The van der Waals surface area contributed by atoms with Crippen LogP contribution < -0.4 is 4.90 Å². The summed E-state index contributed by atoms with van der Waals surface area (Å²) in [6.45, 7) is 1.59. The van der Waals surface area contributed by atoms with E-state index in [9.17, 15) is 19.8 Å². The van der Waals surface area contributed by atoms with Crippen LogP contribution in [0.15, 0.2) is 60.0 Å². The molecule has 0 radical (unpaired) electrons. The Balaban J connectivity index is 1.92. The van der Waals surface area contributed by atoms with Gasteiger partial charge in [0, 0.05) is 16.0 Å². The molecule has 1 heterocycles. The molecular weight excluding hydrogens is 436 g/mol. The molecule has 0 bridgehead atoms. The minimum Gasteiger partial charge on any atom is -0.481 e. The average molecular weight is 459 g/mol. The molecule has 31 heavy (non-hydrogen) atoms. The number of thiazole rings is 1. The first-order valence-corrected chi connectivity index (χ1v) is 11.1. The highest BCUT2D eigenvalue weighted by atomic mass is 35.5. The fraction of sp³-hybridized carbons (Fsp3) is 0.261. The number of carboxylic acids is 1.